The van der Waals surface area contributed by atoms with Crippen LogP contribution in [0.25, 0.3) is 0 Å². The molecule has 2 heteroatoms. The number of hydrogen-bond acceptors (Lipinski definition) is 0. The maximum Gasteiger partial charge on any atom is 0.151 e. The Hall–Kier alpha value is 0.660. The monoisotopic (exact) mass is 202 g/mol. The summed E-state index contributed by atoms with van der Waals surface area (Å²) in [4.78, 5) is 0. The second-order valence-corrected chi connectivity index (χ2v) is 2.53. The van der Waals surface area contributed by atoms with Crippen LogP contribution in [0, 0.1) is 0 Å². The molecule has 0 nitrogen and oxygen atoms in total. The third-order valence-electron chi connectivity index (χ3n) is 0.507. The Balaban J connectivity index is 2.63. The Morgan fingerprint density at radius 1 is 1.83 bits per heavy atom. The number of rotatable bonds is 2. The molecule has 0 saturated heterocycles. The molecule has 0 aliphatic heterocycles. The van der Waals surface area contributed by atoms with Crippen molar-refractivity contribution in [1.29, 1.82) is 0 Å². The summed E-state index contributed by atoms with van der Waals surface area (Å²) >= 11 is 1.78. The minimum absolute atomic E-state index is 0.632. The lowest BCUT2D eigenvalue weighted by Crippen LogP contribution is -1.81. The topological polar surface area (TPSA) is 0 Å². The second kappa shape index (κ2) is 3.84. The lowest BCUT2D eigenvalue weighted by molar-refractivity contribution is 0.446. The van der Waals surface area contributed by atoms with Crippen LogP contribution >= 0.6 is 22.6 Å². The summed E-state index contributed by atoms with van der Waals surface area (Å²) in [5, 5.41) is 0. The van der Waals surface area contributed by atoms with E-state index < -0.39 is 4.18 Å². The Kier molecular flexibility index (Phi) is 4.26. The van der Waals surface area contributed by atoms with Gasteiger partial charge in [0.1, 0.15) is 0 Å². The summed E-state index contributed by atoms with van der Waals surface area (Å²) in [5.74, 6) is 0. The lowest BCUT2D eigenvalue weighted by atomic mass is 10.4. The summed E-state index contributed by atoms with van der Waals surface area (Å²) in [6.07, 6.45) is 1.64. The molecule has 1 atom stereocenters. The normalized spacial score (nSPS) is 14.5. The van der Waals surface area contributed by atoms with Gasteiger partial charge in [0.2, 0.25) is 0 Å². The molecule has 1 unspecified atom stereocenters. The van der Waals surface area contributed by atoms with E-state index in [1.54, 1.807) is 22.6 Å². The van der Waals surface area contributed by atoms with Gasteiger partial charge in [0.25, 0.3) is 0 Å². The maximum absolute atomic E-state index is 11.7. The van der Waals surface area contributed by atoms with E-state index >= 15 is 0 Å². The molecule has 0 aliphatic carbocycles. The van der Waals surface area contributed by atoms with E-state index in [1.165, 1.54) is 0 Å². The zero-order valence-electron chi connectivity index (χ0n) is 3.75. The molecular formula is C4H8FI. The molecule has 6 heavy (non-hydrogen) atoms. The zero-order chi connectivity index (χ0) is 4.99. The van der Waals surface area contributed by atoms with Crippen LogP contribution in [0.2, 0.25) is 0 Å². The van der Waals surface area contributed by atoms with E-state index in [0.29, 0.717) is 6.42 Å². The Morgan fingerprint density at radius 2 is 2.33 bits per heavy atom. The van der Waals surface area contributed by atoms with Crippen LogP contribution in [0.5, 0.6) is 0 Å². The van der Waals surface area contributed by atoms with Crippen molar-refractivity contribution < 1.29 is 4.39 Å². The molecule has 0 radical (unpaired) electrons. The molecule has 0 heterocycles. The molecule has 0 rings (SSSR count). The average molecular weight is 202 g/mol. The number of alkyl halides is 2. The summed E-state index contributed by atoms with van der Waals surface area (Å²) in [7, 11) is 0. The van der Waals surface area contributed by atoms with Gasteiger partial charge in [0.15, 0.2) is 4.18 Å². The highest BCUT2D eigenvalue weighted by molar-refractivity contribution is 14.1. The van der Waals surface area contributed by atoms with E-state index in [1.807, 2.05) is 6.92 Å². The van der Waals surface area contributed by atoms with Crippen molar-refractivity contribution in [3.63, 3.8) is 0 Å². The highest BCUT2D eigenvalue weighted by atomic mass is 127. The minimum Gasteiger partial charge on any atom is -0.236 e. The maximum atomic E-state index is 11.7. The molecule has 38 valence electrons. The van der Waals surface area contributed by atoms with Crippen LogP contribution in [-0.4, -0.2) is 4.18 Å². The molecule has 0 aromatic carbocycles. The van der Waals surface area contributed by atoms with Crippen LogP contribution < -0.4 is 0 Å². The third kappa shape index (κ3) is 4.66. The van der Waals surface area contributed by atoms with Crippen LogP contribution in [0.15, 0.2) is 0 Å². The minimum atomic E-state index is -0.632. The van der Waals surface area contributed by atoms with Crippen LogP contribution in [0.3, 0.4) is 0 Å². The van der Waals surface area contributed by atoms with Crippen LogP contribution in [0.1, 0.15) is 19.8 Å². The van der Waals surface area contributed by atoms with Crippen LogP contribution in [-0.2, 0) is 0 Å². The fourth-order valence-corrected chi connectivity index (χ4v) is 0.841. The highest BCUT2D eigenvalue weighted by Gasteiger charge is 1.92. The van der Waals surface area contributed by atoms with Gasteiger partial charge in [0, 0.05) is 0 Å². The lowest BCUT2D eigenvalue weighted by Gasteiger charge is -1.89. The Morgan fingerprint density at radius 3 is 2.33 bits per heavy atom. The van der Waals surface area contributed by atoms with Gasteiger partial charge in [0.05, 0.1) is 0 Å². The van der Waals surface area contributed by atoms with Crippen molar-refractivity contribution in [2.24, 2.45) is 0 Å². The van der Waals surface area contributed by atoms with Crippen molar-refractivity contribution in [2.45, 2.75) is 23.9 Å². The highest BCUT2D eigenvalue weighted by Crippen LogP contribution is 2.07. The number of hydrogen-bond donors (Lipinski definition) is 0. The molecule has 0 saturated carbocycles. The predicted molar refractivity (Wildman–Crippen MR) is 33.8 cm³/mol. The molecule has 0 N–H and O–H groups in total. The van der Waals surface area contributed by atoms with Gasteiger partial charge in [-0.2, -0.15) is 0 Å². The van der Waals surface area contributed by atoms with Gasteiger partial charge in [-0.15, -0.1) is 0 Å². The van der Waals surface area contributed by atoms with Gasteiger partial charge >= 0.3 is 0 Å². The quantitative estimate of drug-likeness (QED) is 0.476. The van der Waals surface area contributed by atoms with Crippen molar-refractivity contribution in [3.8, 4) is 0 Å². The van der Waals surface area contributed by atoms with Crippen molar-refractivity contribution >= 4 is 22.6 Å². The Labute approximate surface area is 51.3 Å². The molecule has 0 spiro atoms. The van der Waals surface area contributed by atoms with Crippen LogP contribution in [0.4, 0.5) is 4.39 Å². The van der Waals surface area contributed by atoms with Crippen molar-refractivity contribution in [1.82, 2.24) is 0 Å². The van der Waals surface area contributed by atoms with Crippen molar-refractivity contribution in [3.05, 3.63) is 0 Å². The standard InChI is InChI=1S/C4H8FI/c1-2-3-4(5)6/h4H,2-3H2,1H3. The first-order chi connectivity index (χ1) is 2.77. The summed E-state index contributed by atoms with van der Waals surface area (Å²) in [6.45, 7) is 1.98. The SMILES string of the molecule is CCCC(F)I. The van der Waals surface area contributed by atoms with Crippen molar-refractivity contribution in [2.75, 3.05) is 0 Å². The Bertz CT molecular complexity index is 28.7. The first-order valence-electron chi connectivity index (χ1n) is 2.05. The summed E-state index contributed by atoms with van der Waals surface area (Å²) < 4.78 is 11.1. The van der Waals surface area contributed by atoms with Gasteiger partial charge in [-0.3, -0.25) is 0 Å². The predicted octanol–water partition coefficient (Wildman–Crippen LogP) is 2.52. The fourth-order valence-electron chi connectivity index (χ4n) is 0.218. The van der Waals surface area contributed by atoms with E-state index in [-0.39, 0.29) is 0 Å². The molecule has 0 amide bonds. The molecule has 0 aromatic heterocycles. The van der Waals surface area contributed by atoms with E-state index in [4.69, 9.17) is 0 Å². The first-order valence-corrected chi connectivity index (χ1v) is 3.30. The van der Waals surface area contributed by atoms with Gasteiger partial charge in [-0.05, 0) is 29.0 Å². The summed E-state index contributed by atoms with van der Waals surface area (Å²) in [5.41, 5.74) is 0. The zero-order valence-corrected chi connectivity index (χ0v) is 5.90. The van der Waals surface area contributed by atoms with E-state index in [2.05, 4.69) is 0 Å². The largest absolute Gasteiger partial charge is 0.236 e. The van der Waals surface area contributed by atoms with Gasteiger partial charge in [-0.25, -0.2) is 4.39 Å². The van der Waals surface area contributed by atoms with Gasteiger partial charge in [-0.1, -0.05) is 13.3 Å². The fraction of sp³-hybridized carbons (Fsp3) is 1.00. The van der Waals surface area contributed by atoms with Gasteiger partial charge < -0.3 is 0 Å². The molecule has 0 aliphatic rings. The molecule has 0 fully saturated rings. The molecule has 0 bridgehead atoms. The third-order valence-corrected chi connectivity index (χ3v) is 1.13. The van der Waals surface area contributed by atoms with E-state index in [0.717, 1.165) is 6.42 Å². The van der Waals surface area contributed by atoms with E-state index in [9.17, 15) is 4.39 Å². The molecule has 0 aromatic rings. The first kappa shape index (κ1) is 6.66. The smallest absolute Gasteiger partial charge is 0.151 e. The second-order valence-electron chi connectivity index (χ2n) is 1.18. The average Bonchev–Trinajstić information content (AvgIpc) is 1.35. The number of halogens is 2. The molecular weight excluding hydrogens is 194 g/mol. The summed E-state index contributed by atoms with van der Waals surface area (Å²) in [6, 6.07) is 0.